The third-order valence-electron chi connectivity index (χ3n) is 2.36. The van der Waals surface area contributed by atoms with E-state index in [2.05, 4.69) is 15.9 Å². The van der Waals surface area contributed by atoms with Gasteiger partial charge in [-0.2, -0.15) is 0 Å². The summed E-state index contributed by atoms with van der Waals surface area (Å²) in [5, 5.41) is 11.9. The molecule has 2 aromatic rings. The molecule has 2 rings (SSSR count). The number of hydrogen-bond donors (Lipinski definition) is 1. The van der Waals surface area contributed by atoms with Crippen LogP contribution in [0.5, 0.6) is 0 Å². The molecule has 1 nitrogen and oxygen atoms in total. The fraction of sp³-hybridized carbons (Fsp3) is 0.167. The zero-order valence-corrected chi connectivity index (χ0v) is 11.8. The highest BCUT2D eigenvalue weighted by molar-refractivity contribution is 9.10. The van der Waals surface area contributed by atoms with Gasteiger partial charge in [-0.1, -0.05) is 23.7 Å². The average Bonchev–Trinajstić information content (AvgIpc) is 2.72. The van der Waals surface area contributed by atoms with Gasteiger partial charge in [0, 0.05) is 21.2 Å². The van der Waals surface area contributed by atoms with E-state index in [0.29, 0.717) is 5.56 Å². The summed E-state index contributed by atoms with van der Waals surface area (Å²) < 4.78 is 14.6. The summed E-state index contributed by atoms with van der Waals surface area (Å²) in [6, 6.07) is 6.64. The maximum Gasteiger partial charge on any atom is 0.145 e. The number of hydrogen-bond acceptors (Lipinski definition) is 2. The molecule has 0 saturated heterocycles. The van der Waals surface area contributed by atoms with E-state index >= 15 is 0 Å². The Labute approximate surface area is 116 Å². The van der Waals surface area contributed by atoms with Crippen molar-refractivity contribution < 1.29 is 9.50 Å². The number of rotatable bonds is 3. The van der Waals surface area contributed by atoms with Gasteiger partial charge in [0.05, 0.1) is 11.1 Å². The van der Waals surface area contributed by atoms with Crippen molar-refractivity contribution in [1.29, 1.82) is 0 Å². The Balaban J connectivity index is 2.18. The Morgan fingerprint density at radius 2 is 2.24 bits per heavy atom. The molecule has 1 heterocycles. The summed E-state index contributed by atoms with van der Waals surface area (Å²) in [6.07, 6.45) is -0.487. The minimum absolute atomic E-state index is 0.0852. The van der Waals surface area contributed by atoms with E-state index in [-0.39, 0.29) is 11.4 Å². The lowest BCUT2D eigenvalue weighted by molar-refractivity contribution is 0.181. The molecule has 1 atom stereocenters. The fourth-order valence-corrected chi connectivity index (χ4v) is 3.14. The molecule has 0 aliphatic rings. The predicted molar refractivity (Wildman–Crippen MR) is 72.1 cm³/mol. The van der Waals surface area contributed by atoms with Gasteiger partial charge in [0.2, 0.25) is 0 Å². The molecule has 0 radical (unpaired) electrons. The van der Waals surface area contributed by atoms with E-state index in [4.69, 9.17) is 11.6 Å². The zero-order valence-electron chi connectivity index (χ0n) is 8.66. The van der Waals surface area contributed by atoms with Crippen molar-refractivity contribution in [3.63, 3.8) is 0 Å². The van der Waals surface area contributed by atoms with Gasteiger partial charge in [0.15, 0.2) is 0 Å². The molecule has 0 bridgehead atoms. The molecule has 0 amide bonds. The quantitative estimate of drug-likeness (QED) is 0.870. The van der Waals surface area contributed by atoms with Crippen LogP contribution in [0.2, 0.25) is 5.02 Å². The number of halogens is 3. The van der Waals surface area contributed by atoms with E-state index in [0.717, 1.165) is 9.35 Å². The minimum Gasteiger partial charge on any atom is -0.387 e. The normalized spacial score (nSPS) is 12.7. The first-order valence-electron chi connectivity index (χ1n) is 4.93. The second-order valence-corrected chi connectivity index (χ2v) is 5.87. The Bertz CT molecular complexity index is 529. The van der Waals surface area contributed by atoms with E-state index in [1.807, 2.05) is 11.4 Å². The average molecular weight is 336 g/mol. The first kappa shape index (κ1) is 13.0. The third kappa shape index (κ3) is 3.07. The number of aliphatic hydroxyl groups is 1. The van der Waals surface area contributed by atoms with Crippen molar-refractivity contribution in [3.8, 4) is 0 Å². The van der Waals surface area contributed by atoms with Gasteiger partial charge in [-0.05, 0) is 33.6 Å². The Kier molecular flexibility index (Phi) is 4.20. The Morgan fingerprint density at radius 3 is 2.88 bits per heavy atom. The monoisotopic (exact) mass is 334 g/mol. The summed E-state index contributed by atoms with van der Waals surface area (Å²) >= 11 is 10.4. The summed E-state index contributed by atoms with van der Waals surface area (Å²) in [7, 11) is 0. The van der Waals surface area contributed by atoms with Gasteiger partial charge in [-0.25, -0.2) is 4.39 Å². The summed E-state index contributed by atoms with van der Waals surface area (Å²) in [4.78, 5) is 0.802. The predicted octanol–water partition coefficient (Wildman–Crippen LogP) is 4.58. The van der Waals surface area contributed by atoms with Gasteiger partial charge in [-0.3, -0.25) is 0 Å². The molecule has 0 spiro atoms. The second-order valence-electron chi connectivity index (χ2n) is 3.60. The van der Waals surface area contributed by atoms with Crippen LogP contribution < -0.4 is 0 Å². The minimum atomic E-state index is -0.709. The molecule has 0 aliphatic carbocycles. The fourth-order valence-electron chi connectivity index (χ4n) is 1.52. The molecule has 0 saturated carbocycles. The van der Waals surface area contributed by atoms with E-state index < -0.39 is 11.9 Å². The summed E-state index contributed by atoms with van der Waals surface area (Å²) in [5.74, 6) is -0.455. The van der Waals surface area contributed by atoms with Crippen LogP contribution in [0.25, 0.3) is 0 Å². The van der Waals surface area contributed by atoms with Gasteiger partial charge in [0.25, 0.3) is 0 Å². The molecule has 5 heteroatoms. The molecular formula is C12H9BrClFOS. The van der Waals surface area contributed by atoms with E-state index in [1.54, 1.807) is 12.1 Å². The standard InChI is InChI=1S/C12H9BrClFOS/c13-8-5-11(17-6-8)10(16)4-7-2-1-3-9(14)12(7)15/h1-3,5-6,10,16H,4H2. The molecule has 1 aromatic carbocycles. The van der Waals surface area contributed by atoms with Gasteiger partial charge < -0.3 is 5.11 Å². The molecule has 1 aromatic heterocycles. The molecular weight excluding hydrogens is 327 g/mol. The first-order valence-corrected chi connectivity index (χ1v) is 6.98. The highest BCUT2D eigenvalue weighted by Gasteiger charge is 2.14. The van der Waals surface area contributed by atoms with Crippen molar-refractivity contribution in [2.45, 2.75) is 12.5 Å². The second kappa shape index (κ2) is 5.48. The molecule has 0 aliphatic heterocycles. The maximum atomic E-state index is 13.6. The molecule has 0 fully saturated rings. The van der Waals surface area contributed by atoms with Gasteiger partial charge in [0.1, 0.15) is 5.82 Å². The van der Waals surface area contributed by atoms with Crippen LogP contribution in [-0.2, 0) is 6.42 Å². The van der Waals surface area contributed by atoms with Crippen molar-refractivity contribution in [1.82, 2.24) is 0 Å². The smallest absolute Gasteiger partial charge is 0.145 e. The lowest BCUT2D eigenvalue weighted by atomic mass is 10.1. The highest BCUT2D eigenvalue weighted by atomic mass is 79.9. The number of benzene rings is 1. The van der Waals surface area contributed by atoms with E-state index in [9.17, 15) is 9.50 Å². The summed E-state index contributed by atoms with van der Waals surface area (Å²) in [5.41, 5.74) is 0.425. The van der Waals surface area contributed by atoms with Gasteiger partial charge in [-0.15, -0.1) is 11.3 Å². The van der Waals surface area contributed by atoms with Crippen molar-refractivity contribution >= 4 is 38.9 Å². The number of aliphatic hydroxyl groups excluding tert-OH is 1. The largest absolute Gasteiger partial charge is 0.387 e. The SMILES string of the molecule is OC(Cc1cccc(Cl)c1F)c1cc(Br)cs1. The molecule has 1 unspecified atom stereocenters. The van der Waals surface area contributed by atoms with Crippen LogP contribution in [0.4, 0.5) is 4.39 Å². The zero-order chi connectivity index (χ0) is 12.4. The van der Waals surface area contributed by atoms with Crippen molar-refractivity contribution in [3.05, 3.63) is 55.4 Å². The number of thiophene rings is 1. The van der Waals surface area contributed by atoms with Gasteiger partial charge >= 0.3 is 0 Å². The first-order chi connectivity index (χ1) is 8.08. The van der Waals surface area contributed by atoms with Crippen LogP contribution in [0.1, 0.15) is 16.5 Å². The van der Waals surface area contributed by atoms with E-state index in [1.165, 1.54) is 17.4 Å². The van der Waals surface area contributed by atoms with Crippen LogP contribution in [0.15, 0.2) is 34.1 Å². The lowest BCUT2D eigenvalue weighted by Crippen LogP contribution is -2.02. The lowest BCUT2D eigenvalue weighted by Gasteiger charge is -2.09. The summed E-state index contributed by atoms with van der Waals surface area (Å²) in [6.45, 7) is 0. The Hall–Kier alpha value is -0.420. The molecule has 1 N–H and O–H groups in total. The third-order valence-corrected chi connectivity index (χ3v) is 4.45. The maximum absolute atomic E-state index is 13.6. The highest BCUT2D eigenvalue weighted by Crippen LogP contribution is 2.29. The van der Waals surface area contributed by atoms with Crippen LogP contribution in [0, 0.1) is 5.82 Å². The van der Waals surface area contributed by atoms with Crippen LogP contribution in [-0.4, -0.2) is 5.11 Å². The Morgan fingerprint density at radius 1 is 1.47 bits per heavy atom. The van der Waals surface area contributed by atoms with Crippen LogP contribution >= 0.6 is 38.9 Å². The topological polar surface area (TPSA) is 20.2 Å². The van der Waals surface area contributed by atoms with Crippen molar-refractivity contribution in [2.24, 2.45) is 0 Å². The molecule has 90 valence electrons. The van der Waals surface area contributed by atoms with Crippen LogP contribution in [0.3, 0.4) is 0 Å². The van der Waals surface area contributed by atoms with Crippen molar-refractivity contribution in [2.75, 3.05) is 0 Å². The molecule has 17 heavy (non-hydrogen) atoms.